The van der Waals surface area contributed by atoms with Crippen LogP contribution < -0.4 is 4.74 Å². The van der Waals surface area contributed by atoms with Crippen LogP contribution in [0.3, 0.4) is 0 Å². The predicted octanol–water partition coefficient (Wildman–Crippen LogP) is 2.03. The van der Waals surface area contributed by atoms with Crippen LogP contribution in [0, 0.1) is 0 Å². The van der Waals surface area contributed by atoms with E-state index in [4.69, 9.17) is 9.84 Å². The number of carboxylic acid groups (broad SMARTS) is 1. The van der Waals surface area contributed by atoms with Gasteiger partial charge in [-0.15, -0.1) is 0 Å². The minimum Gasteiger partial charge on any atom is -0.493 e. The average Bonchev–Trinajstić information content (AvgIpc) is 2.18. The van der Waals surface area contributed by atoms with Crippen LogP contribution in [-0.2, 0) is 4.79 Å². The Hall–Kier alpha value is -1.51. The van der Waals surface area contributed by atoms with Crippen LogP contribution in [0.25, 0.3) is 0 Å². The van der Waals surface area contributed by atoms with Crippen molar-refractivity contribution in [2.45, 2.75) is 18.8 Å². The highest BCUT2D eigenvalue weighted by atomic mass is 16.5. The second-order valence-electron chi connectivity index (χ2n) is 3.47. The number of hydrogen-bond donors (Lipinski definition) is 1. The first-order valence-electron chi connectivity index (χ1n) is 4.71. The predicted molar refractivity (Wildman–Crippen MR) is 51.5 cm³/mol. The number of rotatable bonds is 2. The van der Waals surface area contributed by atoms with Gasteiger partial charge in [0.15, 0.2) is 0 Å². The van der Waals surface area contributed by atoms with E-state index in [1.807, 2.05) is 24.3 Å². The summed E-state index contributed by atoms with van der Waals surface area (Å²) in [6.45, 7) is 0.620. The molecule has 1 N–H and O–H groups in total. The third kappa shape index (κ3) is 1.71. The van der Waals surface area contributed by atoms with Crippen molar-refractivity contribution in [2.24, 2.45) is 0 Å². The molecule has 0 bridgehead atoms. The van der Waals surface area contributed by atoms with Gasteiger partial charge < -0.3 is 9.84 Å². The lowest BCUT2D eigenvalue weighted by atomic mass is 9.90. The van der Waals surface area contributed by atoms with Crippen molar-refractivity contribution in [1.29, 1.82) is 0 Å². The van der Waals surface area contributed by atoms with E-state index in [1.54, 1.807) is 0 Å². The first-order chi connectivity index (χ1) is 6.77. The molecule has 0 saturated heterocycles. The van der Waals surface area contributed by atoms with Crippen molar-refractivity contribution in [1.82, 2.24) is 0 Å². The number of fused-ring (bicyclic) bond motifs is 1. The standard InChI is InChI=1S/C11H12O3/c12-11(13)7-8-5-6-14-10-4-2-1-3-9(8)10/h1-4,8H,5-7H2,(H,12,13)/t8-/m0/s1. The van der Waals surface area contributed by atoms with Crippen LogP contribution in [0.15, 0.2) is 24.3 Å². The Morgan fingerprint density at radius 2 is 2.29 bits per heavy atom. The zero-order valence-electron chi connectivity index (χ0n) is 7.77. The van der Waals surface area contributed by atoms with Crippen LogP contribution in [0.5, 0.6) is 5.75 Å². The lowest BCUT2D eigenvalue weighted by Gasteiger charge is -2.24. The smallest absolute Gasteiger partial charge is 0.303 e. The number of hydrogen-bond acceptors (Lipinski definition) is 2. The fourth-order valence-corrected chi connectivity index (χ4v) is 1.84. The molecule has 1 aliphatic heterocycles. The van der Waals surface area contributed by atoms with Gasteiger partial charge in [-0.3, -0.25) is 4.79 Å². The Kier molecular flexibility index (Phi) is 2.39. The molecule has 0 radical (unpaired) electrons. The van der Waals surface area contributed by atoms with Crippen molar-refractivity contribution >= 4 is 5.97 Å². The molecule has 3 heteroatoms. The van der Waals surface area contributed by atoms with Crippen molar-refractivity contribution in [3.8, 4) is 5.75 Å². The third-order valence-electron chi connectivity index (χ3n) is 2.50. The number of carbonyl (C=O) groups is 1. The highest BCUT2D eigenvalue weighted by Gasteiger charge is 2.22. The quantitative estimate of drug-likeness (QED) is 0.779. The lowest BCUT2D eigenvalue weighted by Crippen LogP contribution is -2.16. The average molecular weight is 192 g/mol. The molecule has 74 valence electrons. The molecule has 0 spiro atoms. The van der Waals surface area contributed by atoms with Gasteiger partial charge in [0.2, 0.25) is 0 Å². The molecule has 3 nitrogen and oxygen atoms in total. The molecule has 0 amide bonds. The molecule has 1 aromatic rings. The van der Waals surface area contributed by atoms with E-state index in [-0.39, 0.29) is 12.3 Å². The van der Waals surface area contributed by atoms with Gasteiger partial charge in [0.25, 0.3) is 0 Å². The number of benzene rings is 1. The highest BCUT2D eigenvalue weighted by Crippen LogP contribution is 2.35. The maximum Gasteiger partial charge on any atom is 0.303 e. The van der Waals surface area contributed by atoms with E-state index in [9.17, 15) is 4.79 Å². The largest absolute Gasteiger partial charge is 0.493 e. The molecule has 1 aliphatic rings. The summed E-state index contributed by atoms with van der Waals surface area (Å²) >= 11 is 0. The van der Waals surface area contributed by atoms with Gasteiger partial charge in [-0.05, 0) is 18.1 Å². The number of ether oxygens (including phenoxy) is 1. The van der Waals surface area contributed by atoms with Gasteiger partial charge in [-0.2, -0.15) is 0 Å². The molecule has 0 unspecified atom stereocenters. The van der Waals surface area contributed by atoms with E-state index in [0.29, 0.717) is 6.61 Å². The molecule has 2 rings (SSSR count). The van der Waals surface area contributed by atoms with E-state index in [1.165, 1.54) is 0 Å². The van der Waals surface area contributed by atoms with Crippen molar-refractivity contribution in [2.75, 3.05) is 6.61 Å². The zero-order chi connectivity index (χ0) is 9.97. The summed E-state index contributed by atoms with van der Waals surface area (Å²) in [6.07, 6.45) is 0.990. The Morgan fingerprint density at radius 1 is 1.50 bits per heavy atom. The summed E-state index contributed by atoms with van der Waals surface area (Å²) in [4.78, 5) is 10.6. The molecule has 14 heavy (non-hydrogen) atoms. The first-order valence-corrected chi connectivity index (χ1v) is 4.71. The van der Waals surface area contributed by atoms with Crippen molar-refractivity contribution < 1.29 is 14.6 Å². The summed E-state index contributed by atoms with van der Waals surface area (Å²) in [7, 11) is 0. The van der Waals surface area contributed by atoms with Gasteiger partial charge in [0.05, 0.1) is 13.0 Å². The molecular formula is C11H12O3. The van der Waals surface area contributed by atoms with E-state index in [0.717, 1.165) is 17.7 Å². The van der Waals surface area contributed by atoms with Crippen molar-refractivity contribution in [3.05, 3.63) is 29.8 Å². The molecule has 0 aliphatic carbocycles. The topological polar surface area (TPSA) is 46.5 Å². The van der Waals surface area contributed by atoms with E-state index >= 15 is 0 Å². The minimum absolute atomic E-state index is 0.109. The lowest BCUT2D eigenvalue weighted by molar-refractivity contribution is -0.137. The van der Waals surface area contributed by atoms with E-state index in [2.05, 4.69) is 0 Å². The monoisotopic (exact) mass is 192 g/mol. The molecule has 0 fully saturated rings. The van der Waals surface area contributed by atoms with Gasteiger partial charge in [-0.25, -0.2) is 0 Å². The molecular weight excluding hydrogens is 180 g/mol. The van der Waals surface area contributed by atoms with Gasteiger partial charge in [0, 0.05) is 5.92 Å². The van der Waals surface area contributed by atoms with Gasteiger partial charge in [-0.1, -0.05) is 18.2 Å². The Labute approximate surface area is 82.3 Å². The van der Waals surface area contributed by atoms with Crippen LogP contribution >= 0.6 is 0 Å². The Morgan fingerprint density at radius 3 is 3.07 bits per heavy atom. The summed E-state index contributed by atoms with van der Waals surface area (Å²) in [5.74, 6) is 0.203. The van der Waals surface area contributed by atoms with E-state index < -0.39 is 5.97 Å². The molecule has 1 atom stereocenters. The van der Waals surface area contributed by atoms with Crippen LogP contribution in [0.2, 0.25) is 0 Å². The summed E-state index contributed by atoms with van der Waals surface area (Å²) in [5, 5.41) is 8.75. The highest BCUT2D eigenvalue weighted by molar-refractivity contribution is 5.68. The number of carboxylic acids is 1. The van der Waals surface area contributed by atoms with Crippen molar-refractivity contribution in [3.63, 3.8) is 0 Å². The Balaban J connectivity index is 2.26. The summed E-state index contributed by atoms with van der Waals surface area (Å²) < 4.78 is 5.44. The molecule has 0 aromatic heterocycles. The normalized spacial score (nSPS) is 19.6. The summed E-state index contributed by atoms with van der Waals surface area (Å²) in [5.41, 5.74) is 1.03. The van der Waals surface area contributed by atoms with Crippen LogP contribution in [0.4, 0.5) is 0 Å². The molecule has 1 heterocycles. The summed E-state index contributed by atoms with van der Waals surface area (Å²) in [6, 6.07) is 7.66. The maximum atomic E-state index is 10.6. The molecule has 1 aromatic carbocycles. The molecule has 0 saturated carbocycles. The van der Waals surface area contributed by atoms with Gasteiger partial charge >= 0.3 is 5.97 Å². The fraction of sp³-hybridized carbons (Fsp3) is 0.364. The SMILES string of the molecule is O=C(O)C[C@@H]1CCOc2ccccc21. The van der Waals surface area contributed by atoms with Crippen LogP contribution in [0.1, 0.15) is 24.3 Å². The van der Waals surface area contributed by atoms with Crippen LogP contribution in [-0.4, -0.2) is 17.7 Å². The number of aliphatic carboxylic acids is 1. The second-order valence-corrected chi connectivity index (χ2v) is 3.47. The minimum atomic E-state index is -0.744. The second kappa shape index (κ2) is 3.70. The fourth-order valence-electron chi connectivity index (χ4n) is 1.84. The Bertz CT molecular complexity index is 346. The third-order valence-corrected chi connectivity index (χ3v) is 2.50. The van der Waals surface area contributed by atoms with Gasteiger partial charge in [0.1, 0.15) is 5.75 Å². The zero-order valence-corrected chi connectivity index (χ0v) is 7.77. The maximum absolute atomic E-state index is 10.6. The number of para-hydroxylation sites is 1. The first kappa shape index (κ1) is 9.06.